The molecule has 100 valence electrons. The lowest BCUT2D eigenvalue weighted by molar-refractivity contribution is -0.142. The Balaban J connectivity index is 1.81. The monoisotopic (exact) mass is 254 g/mol. The number of carbonyl (C=O) groups excluding carboxylic acids is 2. The van der Waals surface area contributed by atoms with Crippen LogP contribution in [0, 0.1) is 5.41 Å². The minimum absolute atomic E-state index is 0.0981. The number of carbonyl (C=O) groups is 3. The van der Waals surface area contributed by atoms with Gasteiger partial charge in [-0.2, -0.15) is 0 Å². The van der Waals surface area contributed by atoms with E-state index in [1.807, 2.05) is 0 Å². The topological polar surface area (TPSA) is 95.5 Å². The summed E-state index contributed by atoms with van der Waals surface area (Å²) in [5, 5.41) is 14.2. The van der Waals surface area contributed by atoms with Crippen LogP contribution in [0.5, 0.6) is 0 Å². The van der Waals surface area contributed by atoms with Crippen LogP contribution >= 0.6 is 0 Å². The van der Waals surface area contributed by atoms with Crippen LogP contribution in [0.3, 0.4) is 0 Å². The van der Waals surface area contributed by atoms with E-state index in [0.29, 0.717) is 19.4 Å². The summed E-state index contributed by atoms with van der Waals surface area (Å²) in [5.74, 6) is -1.12. The van der Waals surface area contributed by atoms with Crippen LogP contribution < -0.4 is 10.6 Å². The zero-order chi connectivity index (χ0) is 13.2. The molecule has 2 rings (SSSR count). The SMILES string of the molecule is O=C(O)CC1(CNC(=O)[C@@H]2CCC(=O)N2)CCC1. The second-order valence-corrected chi connectivity index (χ2v) is 5.30. The molecule has 6 heteroatoms. The van der Waals surface area contributed by atoms with Crippen molar-refractivity contribution in [3.05, 3.63) is 0 Å². The predicted molar refractivity (Wildman–Crippen MR) is 62.7 cm³/mol. The van der Waals surface area contributed by atoms with Gasteiger partial charge in [-0.1, -0.05) is 6.42 Å². The molecule has 2 fully saturated rings. The van der Waals surface area contributed by atoms with Crippen molar-refractivity contribution in [3.63, 3.8) is 0 Å². The number of carboxylic acids is 1. The summed E-state index contributed by atoms with van der Waals surface area (Å²) in [4.78, 5) is 33.6. The highest BCUT2D eigenvalue weighted by molar-refractivity contribution is 5.90. The predicted octanol–water partition coefficient (Wildman–Crippen LogP) is 0.0262. The largest absolute Gasteiger partial charge is 0.481 e. The van der Waals surface area contributed by atoms with Crippen LogP contribution in [-0.4, -0.2) is 35.5 Å². The summed E-state index contributed by atoms with van der Waals surface area (Å²) in [6, 6.07) is -0.445. The molecule has 2 aliphatic rings. The first-order valence-corrected chi connectivity index (χ1v) is 6.30. The number of rotatable bonds is 5. The van der Waals surface area contributed by atoms with Crippen LogP contribution in [0.4, 0.5) is 0 Å². The van der Waals surface area contributed by atoms with E-state index in [0.717, 1.165) is 19.3 Å². The Labute approximate surface area is 105 Å². The first-order chi connectivity index (χ1) is 8.51. The summed E-state index contributed by atoms with van der Waals surface area (Å²) >= 11 is 0. The fraction of sp³-hybridized carbons (Fsp3) is 0.750. The number of amides is 2. The second kappa shape index (κ2) is 4.96. The molecule has 2 amide bonds. The van der Waals surface area contributed by atoms with E-state index in [1.165, 1.54) is 0 Å². The lowest BCUT2D eigenvalue weighted by atomic mass is 9.66. The minimum Gasteiger partial charge on any atom is -0.481 e. The molecule has 0 aromatic carbocycles. The second-order valence-electron chi connectivity index (χ2n) is 5.30. The number of hydrogen-bond acceptors (Lipinski definition) is 3. The van der Waals surface area contributed by atoms with E-state index < -0.39 is 12.0 Å². The van der Waals surface area contributed by atoms with Gasteiger partial charge >= 0.3 is 5.97 Å². The summed E-state index contributed by atoms with van der Waals surface area (Å²) in [5.41, 5.74) is -0.274. The Bertz CT molecular complexity index is 376. The van der Waals surface area contributed by atoms with E-state index in [-0.39, 0.29) is 23.7 Å². The number of carboxylic acid groups (broad SMARTS) is 1. The van der Waals surface area contributed by atoms with Gasteiger partial charge in [0.25, 0.3) is 0 Å². The maximum Gasteiger partial charge on any atom is 0.303 e. The van der Waals surface area contributed by atoms with Crippen LogP contribution in [0.2, 0.25) is 0 Å². The molecule has 1 saturated heterocycles. The molecule has 1 saturated carbocycles. The summed E-state index contributed by atoms with van der Waals surface area (Å²) in [6.45, 7) is 0.393. The summed E-state index contributed by atoms with van der Waals surface area (Å²) in [7, 11) is 0. The normalized spacial score (nSPS) is 25.1. The lowest BCUT2D eigenvalue weighted by Crippen LogP contribution is -2.48. The molecule has 0 radical (unpaired) electrons. The van der Waals surface area contributed by atoms with Gasteiger partial charge in [0, 0.05) is 13.0 Å². The third-order valence-corrected chi connectivity index (χ3v) is 3.89. The van der Waals surface area contributed by atoms with Gasteiger partial charge in [-0.25, -0.2) is 0 Å². The summed E-state index contributed by atoms with van der Waals surface area (Å²) in [6.07, 6.45) is 3.72. The van der Waals surface area contributed by atoms with Crippen molar-refractivity contribution < 1.29 is 19.5 Å². The third kappa shape index (κ3) is 2.80. The zero-order valence-electron chi connectivity index (χ0n) is 10.2. The van der Waals surface area contributed by atoms with E-state index in [4.69, 9.17) is 5.11 Å². The van der Waals surface area contributed by atoms with Gasteiger partial charge in [0.1, 0.15) is 6.04 Å². The average molecular weight is 254 g/mol. The molecule has 1 aliphatic carbocycles. The molecular formula is C12H18N2O4. The average Bonchev–Trinajstić information content (AvgIpc) is 2.68. The molecule has 18 heavy (non-hydrogen) atoms. The van der Waals surface area contributed by atoms with Crippen molar-refractivity contribution in [1.82, 2.24) is 10.6 Å². The number of hydrogen-bond donors (Lipinski definition) is 3. The number of aliphatic carboxylic acids is 1. The first kappa shape index (κ1) is 12.9. The Morgan fingerprint density at radius 1 is 1.44 bits per heavy atom. The molecule has 1 heterocycles. The molecular weight excluding hydrogens is 236 g/mol. The molecule has 1 atom stereocenters. The van der Waals surface area contributed by atoms with Gasteiger partial charge in [-0.05, 0) is 24.7 Å². The van der Waals surface area contributed by atoms with Gasteiger partial charge in [-0.3, -0.25) is 14.4 Å². The molecule has 0 spiro atoms. The van der Waals surface area contributed by atoms with Crippen molar-refractivity contribution in [3.8, 4) is 0 Å². The van der Waals surface area contributed by atoms with Crippen LogP contribution in [0.25, 0.3) is 0 Å². The highest BCUT2D eigenvalue weighted by Crippen LogP contribution is 2.43. The van der Waals surface area contributed by atoms with Crippen molar-refractivity contribution in [2.24, 2.45) is 5.41 Å². The fourth-order valence-electron chi connectivity index (χ4n) is 2.62. The maximum atomic E-state index is 11.8. The van der Waals surface area contributed by atoms with Gasteiger partial charge in [0.05, 0.1) is 6.42 Å². The zero-order valence-corrected chi connectivity index (χ0v) is 10.2. The Morgan fingerprint density at radius 3 is 2.61 bits per heavy atom. The molecule has 0 aromatic heterocycles. The molecule has 0 unspecified atom stereocenters. The fourth-order valence-corrected chi connectivity index (χ4v) is 2.62. The van der Waals surface area contributed by atoms with Gasteiger partial charge in [0.15, 0.2) is 0 Å². The Morgan fingerprint density at radius 2 is 2.17 bits per heavy atom. The van der Waals surface area contributed by atoms with Crippen molar-refractivity contribution in [2.45, 2.75) is 44.6 Å². The van der Waals surface area contributed by atoms with Crippen LogP contribution in [0.1, 0.15) is 38.5 Å². The minimum atomic E-state index is -0.821. The lowest BCUT2D eigenvalue weighted by Gasteiger charge is -2.41. The van der Waals surface area contributed by atoms with Gasteiger partial charge in [0.2, 0.25) is 11.8 Å². The summed E-state index contributed by atoms with van der Waals surface area (Å²) < 4.78 is 0. The van der Waals surface area contributed by atoms with Crippen molar-refractivity contribution in [2.75, 3.05) is 6.54 Å². The molecule has 6 nitrogen and oxygen atoms in total. The third-order valence-electron chi connectivity index (χ3n) is 3.89. The molecule has 1 aliphatic heterocycles. The molecule has 0 aromatic rings. The van der Waals surface area contributed by atoms with Crippen LogP contribution in [-0.2, 0) is 14.4 Å². The van der Waals surface area contributed by atoms with Gasteiger partial charge in [-0.15, -0.1) is 0 Å². The highest BCUT2D eigenvalue weighted by Gasteiger charge is 2.40. The smallest absolute Gasteiger partial charge is 0.303 e. The van der Waals surface area contributed by atoms with Crippen molar-refractivity contribution in [1.29, 1.82) is 0 Å². The first-order valence-electron chi connectivity index (χ1n) is 6.30. The Kier molecular flexibility index (Phi) is 3.54. The standard InChI is InChI=1S/C12H18N2O4/c15-9-3-2-8(14-9)11(18)13-7-12(4-1-5-12)6-10(16)17/h8H,1-7H2,(H,13,18)(H,14,15)(H,16,17)/t8-/m0/s1. The highest BCUT2D eigenvalue weighted by atomic mass is 16.4. The van der Waals surface area contributed by atoms with Crippen LogP contribution in [0.15, 0.2) is 0 Å². The number of nitrogens with one attached hydrogen (secondary N) is 2. The van der Waals surface area contributed by atoms with E-state index in [1.54, 1.807) is 0 Å². The molecule has 0 bridgehead atoms. The maximum absolute atomic E-state index is 11.8. The van der Waals surface area contributed by atoms with Crippen molar-refractivity contribution >= 4 is 17.8 Å². The van der Waals surface area contributed by atoms with Gasteiger partial charge < -0.3 is 15.7 Å². The van der Waals surface area contributed by atoms with E-state index in [9.17, 15) is 14.4 Å². The molecule has 3 N–H and O–H groups in total. The Hall–Kier alpha value is -1.59. The van der Waals surface area contributed by atoms with E-state index in [2.05, 4.69) is 10.6 Å². The quantitative estimate of drug-likeness (QED) is 0.644. The van der Waals surface area contributed by atoms with E-state index >= 15 is 0 Å².